The Morgan fingerprint density at radius 3 is 3.00 bits per heavy atom. The van der Waals surface area contributed by atoms with Crippen LogP contribution in [0.1, 0.15) is 25.7 Å². The van der Waals surface area contributed by atoms with Gasteiger partial charge in [-0.25, -0.2) is 0 Å². The van der Waals surface area contributed by atoms with Crippen molar-refractivity contribution in [3.63, 3.8) is 0 Å². The quantitative estimate of drug-likeness (QED) is 0.433. The molecule has 0 N–H and O–H groups in total. The Bertz CT molecular complexity index is 156. The Kier molecular flexibility index (Phi) is 3.84. The highest BCUT2D eigenvalue weighted by Gasteiger charge is 1.98. The molecule has 1 nitrogen and oxygen atoms in total. The summed E-state index contributed by atoms with van der Waals surface area (Å²) in [6.07, 6.45) is 11.3. The molecule has 0 spiro atoms. The number of hydrogen-bond donors (Lipinski definition) is 0. The predicted molar refractivity (Wildman–Crippen MR) is 47.0 cm³/mol. The van der Waals surface area contributed by atoms with Crippen molar-refractivity contribution >= 4 is 0 Å². The molecule has 1 heteroatoms. The Hall–Kier alpha value is -0.690. The zero-order chi connectivity index (χ0) is 7.94. The first-order valence-electron chi connectivity index (χ1n) is 4.15. The fraction of sp³-hybridized carbons (Fsp3) is 0.500. The van der Waals surface area contributed by atoms with Crippen LogP contribution in [0.5, 0.6) is 0 Å². The summed E-state index contributed by atoms with van der Waals surface area (Å²) in [4.78, 5) is 0. The van der Waals surface area contributed by atoms with Crippen molar-refractivity contribution in [3.8, 4) is 0 Å². The lowest BCUT2D eigenvalue weighted by Crippen LogP contribution is -1.87. The van der Waals surface area contributed by atoms with Gasteiger partial charge in [0, 0.05) is 0 Å². The minimum absolute atomic E-state index is 0.792. The molecular formula is C10H15O+. The van der Waals surface area contributed by atoms with Crippen molar-refractivity contribution in [2.24, 2.45) is 0 Å². The van der Waals surface area contributed by atoms with Crippen LogP contribution in [-0.2, 0) is 4.74 Å². The number of hydrogen-bond acceptors (Lipinski definition) is 1. The largest absolute Gasteiger partial charge is 0.213 e. The first-order valence-corrected chi connectivity index (χ1v) is 4.15. The van der Waals surface area contributed by atoms with Crippen molar-refractivity contribution in [2.75, 3.05) is 6.61 Å². The molecule has 0 aromatic rings. The molecule has 0 heterocycles. The number of unbranched alkanes of at least 4 members (excludes halogenated alkanes) is 1. The fourth-order valence-corrected chi connectivity index (χ4v) is 1.23. The summed E-state index contributed by atoms with van der Waals surface area (Å²) in [5.74, 6) is 0. The predicted octanol–water partition coefficient (Wildman–Crippen LogP) is 2.85. The van der Waals surface area contributed by atoms with Gasteiger partial charge in [-0.2, -0.15) is 4.74 Å². The summed E-state index contributed by atoms with van der Waals surface area (Å²) in [5.41, 5.74) is 1.55. The van der Waals surface area contributed by atoms with E-state index in [-0.39, 0.29) is 0 Å². The molecule has 0 amide bonds. The maximum Gasteiger partial charge on any atom is 0.213 e. The zero-order valence-electron chi connectivity index (χ0n) is 6.88. The topological polar surface area (TPSA) is 9.23 Å². The normalized spacial score (nSPS) is 15.5. The van der Waals surface area contributed by atoms with Crippen molar-refractivity contribution in [1.29, 1.82) is 0 Å². The molecular weight excluding hydrogens is 136 g/mol. The molecule has 1 aliphatic carbocycles. The third kappa shape index (κ3) is 3.28. The highest BCUT2D eigenvalue weighted by molar-refractivity contribution is 5.22. The van der Waals surface area contributed by atoms with Gasteiger partial charge in [0.2, 0.25) is 7.11 Å². The van der Waals surface area contributed by atoms with E-state index in [0.29, 0.717) is 0 Å². The van der Waals surface area contributed by atoms with E-state index in [4.69, 9.17) is 4.74 Å². The van der Waals surface area contributed by atoms with Gasteiger partial charge in [0.05, 0.1) is 6.61 Å². The third-order valence-corrected chi connectivity index (χ3v) is 1.88. The van der Waals surface area contributed by atoms with Gasteiger partial charge in [-0.15, -0.1) is 0 Å². The number of rotatable bonds is 5. The van der Waals surface area contributed by atoms with Gasteiger partial charge in [-0.05, 0) is 25.7 Å². The van der Waals surface area contributed by atoms with Gasteiger partial charge in [-0.3, -0.25) is 0 Å². The molecule has 0 unspecified atom stereocenters. The van der Waals surface area contributed by atoms with Crippen molar-refractivity contribution in [3.05, 3.63) is 30.9 Å². The summed E-state index contributed by atoms with van der Waals surface area (Å²) in [6, 6.07) is 0. The van der Waals surface area contributed by atoms with E-state index in [1.165, 1.54) is 12.8 Å². The molecule has 11 heavy (non-hydrogen) atoms. The van der Waals surface area contributed by atoms with Crippen molar-refractivity contribution in [1.82, 2.24) is 0 Å². The van der Waals surface area contributed by atoms with Crippen LogP contribution in [0, 0.1) is 7.11 Å². The van der Waals surface area contributed by atoms with E-state index in [0.717, 1.165) is 19.4 Å². The lowest BCUT2D eigenvalue weighted by Gasteiger charge is -1.98. The summed E-state index contributed by atoms with van der Waals surface area (Å²) in [5, 5.41) is 0. The minimum atomic E-state index is 0.792. The maximum absolute atomic E-state index is 4.72. The monoisotopic (exact) mass is 151 g/mol. The van der Waals surface area contributed by atoms with Crippen molar-refractivity contribution < 1.29 is 4.74 Å². The molecule has 1 aliphatic rings. The van der Waals surface area contributed by atoms with Gasteiger partial charge in [0.1, 0.15) is 0 Å². The Labute approximate surface area is 68.8 Å². The molecule has 0 atom stereocenters. The van der Waals surface area contributed by atoms with Gasteiger partial charge in [-0.1, -0.05) is 23.8 Å². The highest BCUT2D eigenvalue weighted by Crippen LogP contribution is 2.16. The van der Waals surface area contributed by atoms with Crippen LogP contribution in [0.25, 0.3) is 0 Å². The second-order valence-corrected chi connectivity index (χ2v) is 2.82. The molecule has 0 radical (unpaired) electrons. The molecule has 1 rings (SSSR count). The molecule has 0 saturated carbocycles. The molecule has 0 fully saturated rings. The van der Waals surface area contributed by atoms with Gasteiger partial charge in [0.25, 0.3) is 0 Å². The first-order chi connectivity index (χ1) is 5.43. The maximum atomic E-state index is 4.72. The molecule has 0 aliphatic heterocycles. The Morgan fingerprint density at radius 1 is 1.45 bits per heavy atom. The standard InChI is InChI=1S/C10H15O/c1-11-9-5-4-8-10-6-2-3-7-10/h2-3,6H,1,4-5,7-9H2/q+1. The average Bonchev–Trinajstić information content (AvgIpc) is 2.50. The van der Waals surface area contributed by atoms with Crippen LogP contribution in [0.4, 0.5) is 0 Å². The molecule has 0 aromatic carbocycles. The smallest absolute Gasteiger partial charge is 0.199 e. The summed E-state index contributed by atoms with van der Waals surface area (Å²) in [6.45, 7) is 0.792. The number of allylic oxidation sites excluding steroid dienone is 4. The van der Waals surface area contributed by atoms with Crippen LogP contribution in [0.2, 0.25) is 0 Å². The van der Waals surface area contributed by atoms with Crippen LogP contribution >= 0.6 is 0 Å². The highest BCUT2D eigenvalue weighted by atomic mass is 16.5. The Morgan fingerprint density at radius 2 is 2.36 bits per heavy atom. The lowest BCUT2D eigenvalue weighted by atomic mass is 10.1. The minimum Gasteiger partial charge on any atom is -0.199 e. The Balaban J connectivity index is 1.95. The SMILES string of the molecule is [CH2+]OCCCCC1=CC=CC1. The molecule has 0 saturated heterocycles. The summed E-state index contributed by atoms with van der Waals surface area (Å²) < 4.78 is 4.72. The summed E-state index contributed by atoms with van der Waals surface area (Å²) >= 11 is 0. The average molecular weight is 151 g/mol. The molecule has 60 valence electrons. The van der Waals surface area contributed by atoms with Crippen LogP contribution in [0.15, 0.2) is 23.8 Å². The summed E-state index contributed by atoms with van der Waals surface area (Å²) in [7, 11) is 3.33. The second-order valence-electron chi connectivity index (χ2n) is 2.82. The first kappa shape index (κ1) is 8.41. The van der Waals surface area contributed by atoms with Gasteiger partial charge >= 0.3 is 0 Å². The number of ether oxygens (including phenoxy) is 1. The van der Waals surface area contributed by atoms with Crippen LogP contribution < -0.4 is 0 Å². The van der Waals surface area contributed by atoms with Crippen molar-refractivity contribution in [2.45, 2.75) is 25.7 Å². The van der Waals surface area contributed by atoms with E-state index >= 15 is 0 Å². The second kappa shape index (κ2) is 5.03. The van der Waals surface area contributed by atoms with Crippen LogP contribution in [-0.4, -0.2) is 6.61 Å². The fourth-order valence-electron chi connectivity index (χ4n) is 1.23. The van der Waals surface area contributed by atoms with E-state index in [9.17, 15) is 0 Å². The zero-order valence-corrected chi connectivity index (χ0v) is 6.88. The van der Waals surface area contributed by atoms with E-state index in [1.54, 1.807) is 5.57 Å². The van der Waals surface area contributed by atoms with E-state index in [1.807, 2.05) is 0 Å². The van der Waals surface area contributed by atoms with Gasteiger partial charge < -0.3 is 0 Å². The third-order valence-electron chi connectivity index (χ3n) is 1.88. The lowest BCUT2D eigenvalue weighted by molar-refractivity contribution is 0.235. The van der Waals surface area contributed by atoms with Gasteiger partial charge in [0.15, 0.2) is 0 Å². The molecule has 0 aromatic heterocycles. The van der Waals surface area contributed by atoms with E-state index < -0.39 is 0 Å². The van der Waals surface area contributed by atoms with Crippen LogP contribution in [0.3, 0.4) is 0 Å². The van der Waals surface area contributed by atoms with E-state index in [2.05, 4.69) is 25.3 Å². The molecule has 0 bridgehead atoms.